The van der Waals surface area contributed by atoms with Crippen LogP contribution in [-0.2, 0) is 14.3 Å². The van der Waals surface area contributed by atoms with Crippen LogP contribution in [0.25, 0.3) is 0 Å². The molecule has 0 aromatic heterocycles. The molecule has 3 nitrogen and oxygen atoms in total. The first-order valence-electron chi connectivity index (χ1n) is 6.31. The molecule has 0 fully saturated rings. The summed E-state index contributed by atoms with van der Waals surface area (Å²) in [5.74, 6) is 0.396. The molecule has 3 heteroatoms. The van der Waals surface area contributed by atoms with Gasteiger partial charge in [0.1, 0.15) is 0 Å². The zero-order valence-corrected chi connectivity index (χ0v) is 10.8. The third-order valence-electron chi connectivity index (χ3n) is 4.56. The molecule has 2 atom stereocenters. The molecule has 2 rings (SSSR count). The van der Waals surface area contributed by atoms with Crippen molar-refractivity contribution < 1.29 is 14.3 Å². The van der Waals surface area contributed by atoms with E-state index in [-0.39, 0.29) is 17.2 Å². The Morgan fingerprint density at radius 3 is 2.76 bits per heavy atom. The van der Waals surface area contributed by atoms with E-state index in [0.29, 0.717) is 18.8 Å². The second-order valence-electron chi connectivity index (χ2n) is 5.51. The van der Waals surface area contributed by atoms with Gasteiger partial charge in [0.15, 0.2) is 5.78 Å². The second-order valence-corrected chi connectivity index (χ2v) is 5.51. The number of ether oxygens (including phenoxy) is 1. The number of carbonyl (C=O) groups is 2. The summed E-state index contributed by atoms with van der Waals surface area (Å²) in [5, 5.41) is 0. The smallest absolute Gasteiger partial charge is 0.306 e. The van der Waals surface area contributed by atoms with Crippen molar-refractivity contribution in [1.82, 2.24) is 0 Å². The standard InChI is InChI=1S/C14H20O3/c1-9-4-5-10-6-7-11(15)13(10)14(9,2)8-12(16)17-3/h9H,4-8H2,1-3H3/t9-,14-/m1/s1. The maximum atomic E-state index is 12.0. The predicted molar refractivity (Wildman–Crippen MR) is 64.4 cm³/mol. The molecular formula is C14H20O3. The molecule has 0 aromatic carbocycles. The van der Waals surface area contributed by atoms with Gasteiger partial charge in [0.2, 0.25) is 0 Å². The van der Waals surface area contributed by atoms with Gasteiger partial charge in [-0.15, -0.1) is 0 Å². The Morgan fingerprint density at radius 1 is 1.41 bits per heavy atom. The minimum Gasteiger partial charge on any atom is -0.469 e. The van der Waals surface area contributed by atoms with E-state index in [2.05, 4.69) is 6.92 Å². The Kier molecular flexibility index (Phi) is 3.11. The SMILES string of the molecule is COC(=O)C[C@@]1(C)C2=C(CCC2=O)CC[C@H]1C. The van der Waals surface area contributed by atoms with Crippen molar-refractivity contribution in [3.8, 4) is 0 Å². The van der Waals surface area contributed by atoms with Crippen LogP contribution in [0.3, 0.4) is 0 Å². The predicted octanol–water partition coefficient (Wildman–Crippen LogP) is 2.65. The Morgan fingerprint density at radius 2 is 2.12 bits per heavy atom. The van der Waals surface area contributed by atoms with E-state index in [1.807, 2.05) is 6.92 Å². The summed E-state index contributed by atoms with van der Waals surface area (Å²) in [5.41, 5.74) is 1.93. The van der Waals surface area contributed by atoms with E-state index in [9.17, 15) is 9.59 Å². The lowest BCUT2D eigenvalue weighted by Gasteiger charge is -2.40. The molecule has 94 valence electrons. The highest BCUT2D eigenvalue weighted by molar-refractivity contribution is 6.00. The van der Waals surface area contributed by atoms with E-state index < -0.39 is 0 Å². The molecule has 2 aliphatic carbocycles. The summed E-state index contributed by atoms with van der Waals surface area (Å²) in [6.07, 6.45) is 3.96. The van der Waals surface area contributed by atoms with Crippen LogP contribution in [0, 0.1) is 11.3 Å². The van der Waals surface area contributed by atoms with Gasteiger partial charge in [-0.25, -0.2) is 0 Å². The fourth-order valence-electron chi connectivity index (χ4n) is 3.27. The van der Waals surface area contributed by atoms with Gasteiger partial charge in [-0.1, -0.05) is 19.4 Å². The van der Waals surface area contributed by atoms with E-state index in [0.717, 1.165) is 24.8 Å². The molecule has 2 aliphatic rings. The quantitative estimate of drug-likeness (QED) is 0.692. The lowest BCUT2D eigenvalue weighted by Crippen LogP contribution is -2.36. The third-order valence-corrected chi connectivity index (χ3v) is 4.56. The molecule has 0 bridgehead atoms. The lowest BCUT2D eigenvalue weighted by molar-refractivity contribution is -0.143. The van der Waals surface area contributed by atoms with Crippen molar-refractivity contribution in [1.29, 1.82) is 0 Å². The summed E-state index contributed by atoms with van der Waals surface area (Å²) in [4.78, 5) is 23.6. The first-order chi connectivity index (χ1) is 7.99. The molecule has 0 aliphatic heterocycles. The first-order valence-corrected chi connectivity index (χ1v) is 6.31. The van der Waals surface area contributed by atoms with Gasteiger partial charge in [-0.05, 0) is 25.2 Å². The average molecular weight is 236 g/mol. The Bertz CT molecular complexity index is 394. The summed E-state index contributed by atoms with van der Waals surface area (Å²) in [6.45, 7) is 4.19. The number of methoxy groups -OCH3 is 1. The molecule has 17 heavy (non-hydrogen) atoms. The number of esters is 1. The van der Waals surface area contributed by atoms with Crippen LogP contribution < -0.4 is 0 Å². The zero-order chi connectivity index (χ0) is 12.6. The highest BCUT2D eigenvalue weighted by atomic mass is 16.5. The largest absolute Gasteiger partial charge is 0.469 e. The van der Waals surface area contributed by atoms with E-state index in [1.165, 1.54) is 12.7 Å². The van der Waals surface area contributed by atoms with Gasteiger partial charge < -0.3 is 4.74 Å². The number of rotatable bonds is 2. The Balaban J connectivity index is 2.37. The molecule has 0 N–H and O–H groups in total. The first kappa shape index (κ1) is 12.3. The van der Waals surface area contributed by atoms with Crippen LogP contribution in [0.4, 0.5) is 0 Å². The van der Waals surface area contributed by atoms with E-state index in [1.54, 1.807) is 0 Å². The van der Waals surface area contributed by atoms with Gasteiger partial charge >= 0.3 is 5.97 Å². The Hall–Kier alpha value is -1.12. The minimum atomic E-state index is -0.311. The number of hydrogen-bond donors (Lipinski definition) is 0. The fraction of sp³-hybridized carbons (Fsp3) is 0.714. The van der Waals surface area contributed by atoms with Crippen molar-refractivity contribution in [3.63, 3.8) is 0 Å². The number of Topliss-reactive ketones (excluding diaryl/α,β-unsaturated/α-hetero) is 1. The fourth-order valence-corrected chi connectivity index (χ4v) is 3.27. The van der Waals surface area contributed by atoms with Crippen LogP contribution in [0.1, 0.15) is 46.0 Å². The van der Waals surface area contributed by atoms with Gasteiger partial charge in [-0.3, -0.25) is 9.59 Å². The zero-order valence-electron chi connectivity index (χ0n) is 10.8. The summed E-state index contributed by atoms with van der Waals surface area (Å²) < 4.78 is 4.78. The highest BCUT2D eigenvalue weighted by Gasteiger charge is 2.46. The van der Waals surface area contributed by atoms with Crippen LogP contribution >= 0.6 is 0 Å². The maximum Gasteiger partial charge on any atom is 0.306 e. The van der Waals surface area contributed by atoms with Gasteiger partial charge in [0.05, 0.1) is 13.5 Å². The number of ketones is 1. The van der Waals surface area contributed by atoms with Crippen molar-refractivity contribution in [2.24, 2.45) is 11.3 Å². The van der Waals surface area contributed by atoms with Crippen molar-refractivity contribution in [2.45, 2.75) is 46.0 Å². The molecule has 0 radical (unpaired) electrons. The topological polar surface area (TPSA) is 43.4 Å². The van der Waals surface area contributed by atoms with Crippen molar-refractivity contribution >= 4 is 11.8 Å². The second kappa shape index (κ2) is 4.28. The molecule has 0 saturated carbocycles. The minimum absolute atomic E-state index is 0.215. The van der Waals surface area contributed by atoms with E-state index in [4.69, 9.17) is 4.74 Å². The van der Waals surface area contributed by atoms with Crippen LogP contribution in [0.15, 0.2) is 11.1 Å². The van der Waals surface area contributed by atoms with Crippen LogP contribution in [0.2, 0.25) is 0 Å². The molecule has 0 spiro atoms. The number of carbonyl (C=O) groups excluding carboxylic acids is 2. The van der Waals surface area contributed by atoms with Gasteiger partial charge in [-0.2, -0.15) is 0 Å². The van der Waals surface area contributed by atoms with E-state index >= 15 is 0 Å². The average Bonchev–Trinajstić information content (AvgIpc) is 2.67. The normalized spacial score (nSPS) is 32.6. The molecule has 0 aromatic rings. The van der Waals surface area contributed by atoms with Gasteiger partial charge in [0.25, 0.3) is 0 Å². The lowest BCUT2D eigenvalue weighted by atomic mass is 9.63. The van der Waals surface area contributed by atoms with Crippen LogP contribution in [-0.4, -0.2) is 18.9 Å². The van der Waals surface area contributed by atoms with Crippen LogP contribution in [0.5, 0.6) is 0 Å². The Labute approximate surface area is 102 Å². The summed E-state index contributed by atoms with van der Waals surface area (Å²) in [7, 11) is 1.41. The van der Waals surface area contributed by atoms with Gasteiger partial charge in [0, 0.05) is 17.4 Å². The van der Waals surface area contributed by atoms with Crippen molar-refractivity contribution in [2.75, 3.05) is 7.11 Å². The molecule has 0 amide bonds. The molecule has 0 heterocycles. The third kappa shape index (κ3) is 1.92. The highest BCUT2D eigenvalue weighted by Crippen LogP contribution is 2.51. The number of allylic oxidation sites excluding steroid dienone is 2. The molecular weight excluding hydrogens is 216 g/mol. The van der Waals surface area contributed by atoms with Crippen molar-refractivity contribution in [3.05, 3.63) is 11.1 Å². The monoisotopic (exact) mass is 236 g/mol. The summed E-state index contributed by atoms with van der Waals surface area (Å²) in [6, 6.07) is 0. The molecule has 0 saturated heterocycles. The molecule has 0 unspecified atom stereocenters. The number of hydrogen-bond acceptors (Lipinski definition) is 3. The maximum absolute atomic E-state index is 12.0. The summed E-state index contributed by atoms with van der Waals surface area (Å²) >= 11 is 0.